The van der Waals surface area contributed by atoms with Gasteiger partial charge >= 0.3 is 0 Å². The lowest BCUT2D eigenvalue weighted by molar-refractivity contribution is 0.122. The van der Waals surface area contributed by atoms with E-state index in [-0.39, 0.29) is 0 Å². The van der Waals surface area contributed by atoms with E-state index in [1.165, 1.54) is 11.3 Å². The van der Waals surface area contributed by atoms with Gasteiger partial charge in [0, 0.05) is 25.2 Å². The molecule has 1 aromatic carbocycles. The van der Waals surface area contributed by atoms with Crippen LogP contribution in [0.15, 0.2) is 24.3 Å². The maximum atomic E-state index is 9.95. The summed E-state index contributed by atoms with van der Waals surface area (Å²) >= 11 is 0. The molecule has 1 aliphatic heterocycles. The van der Waals surface area contributed by atoms with Crippen molar-refractivity contribution in [3.63, 3.8) is 0 Å². The zero-order valence-corrected chi connectivity index (χ0v) is 10.1. The fraction of sp³-hybridized carbons (Fsp3) is 0.571. The van der Waals surface area contributed by atoms with Gasteiger partial charge in [-0.2, -0.15) is 0 Å². The topological polar surface area (TPSA) is 32.7 Å². The highest BCUT2D eigenvalue weighted by Gasteiger charge is 2.40. The first kappa shape index (κ1) is 11.1. The van der Waals surface area contributed by atoms with Crippen LogP contribution in [-0.4, -0.2) is 37.0 Å². The van der Waals surface area contributed by atoms with E-state index in [2.05, 4.69) is 29.2 Å². The monoisotopic (exact) mass is 233 g/mol. The number of hydrogen-bond donors (Lipinski definition) is 1. The first-order valence-corrected chi connectivity index (χ1v) is 6.39. The van der Waals surface area contributed by atoms with Gasteiger partial charge in [-0.25, -0.2) is 0 Å². The standard InChI is InChI=1S/C14H19NO2/c16-14(4-5-14)11-12-2-1-3-13(10-12)15-6-8-17-9-7-15/h1-3,10,16H,4-9,11H2. The second-order valence-corrected chi connectivity index (χ2v) is 5.17. The van der Waals surface area contributed by atoms with Crippen LogP contribution in [0.2, 0.25) is 0 Å². The van der Waals surface area contributed by atoms with E-state index >= 15 is 0 Å². The molecule has 2 aliphatic rings. The van der Waals surface area contributed by atoms with Crippen molar-refractivity contribution in [2.45, 2.75) is 24.9 Å². The van der Waals surface area contributed by atoms with Gasteiger partial charge in [-0.1, -0.05) is 12.1 Å². The molecule has 1 aliphatic carbocycles. The summed E-state index contributed by atoms with van der Waals surface area (Å²) in [7, 11) is 0. The molecule has 92 valence electrons. The van der Waals surface area contributed by atoms with E-state index < -0.39 is 5.60 Å². The maximum absolute atomic E-state index is 9.95. The Hall–Kier alpha value is -1.06. The van der Waals surface area contributed by atoms with Crippen LogP contribution in [0.1, 0.15) is 18.4 Å². The minimum absolute atomic E-state index is 0.399. The molecule has 2 fully saturated rings. The maximum Gasteiger partial charge on any atom is 0.0690 e. The third kappa shape index (κ3) is 2.61. The first-order chi connectivity index (χ1) is 8.25. The van der Waals surface area contributed by atoms with Crippen LogP contribution in [-0.2, 0) is 11.2 Å². The molecule has 0 atom stereocenters. The summed E-state index contributed by atoms with van der Waals surface area (Å²) in [5, 5.41) is 9.95. The number of hydrogen-bond acceptors (Lipinski definition) is 3. The predicted octanol–water partition coefficient (Wildman–Crippen LogP) is 1.59. The van der Waals surface area contributed by atoms with E-state index in [4.69, 9.17) is 4.74 Å². The Labute approximate surface area is 102 Å². The summed E-state index contributed by atoms with van der Waals surface area (Å²) in [6.45, 7) is 3.56. The van der Waals surface area contributed by atoms with Crippen LogP contribution in [0.3, 0.4) is 0 Å². The molecule has 0 amide bonds. The summed E-state index contributed by atoms with van der Waals surface area (Å²) in [5.41, 5.74) is 2.10. The largest absolute Gasteiger partial charge is 0.390 e. The SMILES string of the molecule is OC1(Cc2cccc(N3CCOCC3)c2)CC1. The summed E-state index contributed by atoms with van der Waals surface area (Å²) < 4.78 is 5.36. The van der Waals surface area contributed by atoms with Crippen LogP contribution in [0.4, 0.5) is 5.69 Å². The average Bonchev–Trinajstić information content (AvgIpc) is 3.08. The Bertz CT molecular complexity index is 395. The molecule has 0 aromatic heterocycles. The Morgan fingerprint density at radius 3 is 2.71 bits per heavy atom. The fourth-order valence-electron chi connectivity index (χ4n) is 2.39. The van der Waals surface area contributed by atoms with Gasteiger partial charge in [0.25, 0.3) is 0 Å². The zero-order valence-electron chi connectivity index (χ0n) is 10.1. The van der Waals surface area contributed by atoms with Gasteiger partial charge in [0.05, 0.1) is 18.8 Å². The molecule has 3 heteroatoms. The molecule has 0 radical (unpaired) electrons. The Morgan fingerprint density at radius 2 is 2.00 bits per heavy atom. The second kappa shape index (κ2) is 4.31. The lowest BCUT2D eigenvalue weighted by Crippen LogP contribution is -2.36. The Balaban J connectivity index is 1.73. The van der Waals surface area contributed by atoms with E-state index in [0.717, 1.165) is 45.6 Å². The number of rotatable bonds is 3. The smallest absolute Gasteiger partial charge is 0.0690 e. The molecular formula is C14H19NO2. The minimum atomic E-state index is -0.399. The van der Waals surface area contributed by atoms with Crippen LogP contribution < -0.4 is 4.90 Å². The number of anilines is 1. The van der Waals surface area contributed by atoms with Crippen LogP contribution >= 0.6 is 0 Å². The second-order valence-electron chi connectivity index (χ2n) is 5.17. The first-order valence-electron chi connectivity index (χ1n) is 6.39. The lowest BCUT2D eigenvalue weighted by atomic mass is 10.1. The van der Waals surface area contributed by atoms with Gasteiger partial charge in [0.1, 0.15) is 0 Å². The van der Waals surface area contributed by atoms with Crippen molar-refractivity contribution < 1.29 is 9.84 Å². The molecule has 0 unspecified atom stereocenters. The van der Waals surface area contributed by atoms with E-state index in [1.54, 1.807) is 0 Å². The van der Waals surface area contributed by atoms with E-state index in [9.17, 15) is 5.11 Å². The van der Waals surface area contributed by atoms with Crippen molar-refractivity contribution in [2.75, 3.05) is 31.2 Å². The van der Waals surface area contributed by atoms with Crippen molar-refractivity contribution >= 4 is 5.69 Å². The van der Waals surface area contributed by atoms with Crippen molar-refractivity contribution in [1.29, 1.82) is 0 Å². The number of aliphatic hydroxyl groups is 1. The van der Waals surface area contributed by atoms with Gasteiger partial charge in [0.2, 0.25) is 0 Å². The predicted molar refractivity (Wildman–Crippen MR) is 67.4 cm³/mol. The molecule has 1 N–H and O–H groups in total. The quantitative estimate of drug-likeness (QED) is 0.860. The van der Waals surface area contributed by atoms with Gasteiger partial charge in [-0.05, 0) is 30.5 Å². The molecule has 3 nitrogen and oxygen atoms in total. The molecule has 1 aromatic rings. The molecule has 1 heterocycles. The summed E-state index contributed by atoms with van der Waals surface area (Å²) in [6.07, 6.45) is 2.70. The normalized spacial score (nSPS) is 22.5. The Morgan fingerprint density at radius 1 is 1.24 bits per heavy atom. The molecule has 1 saturated heterocycles. The van der Waals surface area contributed by atoms with Gasteiger partial charge in [-0.3, -0.25) is 0 Å². The van der Waals surface area contributed by atoms with Gasteiger partial charge in [-0.15, -0.1) is 0 Å². The highest BCUT2D eigenvalue weighted by atomic mass is 16.5. The van der Waals surface area contributed by atoms with Crippen LogP contribution in [0.5, 0.6) is 0 Å². The van der Waals surface area contributed by atoms with Crippen molar-refractivity contribution in [2.24, 2.45) is 0 Å². The summed E-state index contributed by atoms with van der Waals surface area (Å²) in [5.74, 6) is 0. The molecule has 0 spiro atoms. The van der Waals surface area contributed by atoms with E-state index in [1.807, 2.05) is 0 Å². The molecule has 17 heavy (non-hydrogen) atoms. The molecule has 0 bridgehead atoms. The Kier molecular flexibility index (Phi) is 2.81. The molecule has 3 rings (SSSR count). The highest BCUT2D eigenvalue weighted by Crippen LogP contribution is 2.38. The number of ether oxygens (including phenoxy) is 1. The average molecular weight is 233 g/mol. The minimum Gasteiger partial charge on any atom is -0.390 e. The number of benzene rings is 1. The highest BCUT2D eigenvalue weighted by molar-refractivity contribution is 5.49. The lowest BCUT2D eigenvalue weighted by Gasteiger charge is -2.29. The van der Waals surface area contributed by atoms with Gasteiger partial charge in [0.15, 0.2) is 0 Å². The zero-order chi connectivity index (χ0) is 11.7. The van der Waals surface area contributed by atoms with Crippen LogP contribution in [0.25, 0.3) is 0 Å². The molecular weight excluding hydrogens is 214 g/mol. The van der Waals surface area contributed by atoms with Crippen molar-refractivity contribution in [3.8, 4) is 0 Å². The third-order valence-corrected chi connectivity index (χ3v) is 3.65. The number of nitrogens with zero attached hydrogens (tertiary/aromatic N) is 1. The van der Waals surface area contributed by atoms with Crippen molar-refractivity contribution in [1.82, 2.24) is 0 Å². The summed E-state index contributed by atoms with van der Waals surface area (Å²) in [4.78, 5) is 2.35. The summed E-state index contributed by atoms with van der Waals surface area (Å²) in [6, 6.07) is 8.56. The van der Waals surface area contributed by atoms with Crippen LogP contribution in [0, 0.1) is 0 Å². The van der Waals surface area contributed by atoms with Gasteiger partial charge < -0.3 is 14.7 Å². The van der Waals surface area contributed by atoms with E-state index in [0.29, 0.717) is 0 Å². The number of morpholine rings is 1. The molecule has 1 saturated carbocycles. The van der Waals surface area contributed by atoms with Crippen molar-refractivity contribution in [3.05, 3.63) is 29.8 Å². The fourth-order valence-corrected chi connectivity index (χ4v) is 2.39. The third-order valence-electron chi connectivity index (χ3n) is 3.65.